The molecule has 0 spiro atoms. The van der Waals surface area contributed by atoms with E-state index in [1.54, 1.807) is 24.3 Å². The molecule has 4 heteroatoms. The Morgan fingerprint density at radius 2 is 1.64 bits per heavy atom. The van der Waals surface area contributed by atoms with Crippen LogP contribution in [0.1, 0.15) is 30.9 Å². The van der Waals surface area contributed by atoms with E-state index in [9.17, 15) is 15.0 Å². The van der Waals surface area contributed by atoms with Crippen LogP contribution in [-0.2, 0) is 11.2 Å². The molecule has 116 valence electrons. The summed E-state index contributed by atoms with van der Waals surface area (Å²) in [7, 11) is 0. The van der Waals surface area contributed by atoms with Crippen LogP contribution in [0.3, 0.4) is 0 Å². The summed E-state index contributed by atoms with van der Waals surface area (Å²) in [4.78, 5) is 11.4. The quantitative estimate of drug-likeness (QED) is 0.855. The lowest BCUT2D eigenvalue weighted by Crippen LogP contribution is -2.29. The molecular weight excluding hydrogens is 280 g/mol. The Morgan fingerprint density at radius 1 is 1.05 bits per heavy atom. The largest absolute Gasteiger partial charge is 0.508 e. The van der Waals surface area contributed by atoms with Gasteiger partial charge in [-0.05, 0) is 41.3 Å². The molecule has 0 aliphatic heterocycles. The van der Waals surface area contributed by atoms with E-state index in [-0.39, 0.29) is 12.2 Å². The van der Waals surface area contributed by atoms with Gasteiger partial charge < -0.3 is 14.9 Å². The number of carboxylic acids is 1. The predicted molar refractivity (Wildman–Crippen MR) is 84.4 cm³/mol. The minimum absolute atomic E-state index is 0.154. The van der Waals surface area contributed by atoms with Gasteiger partial charge in [0.25, 0.3) is 0 Å². The van der Waals surface area contributed by atoms with Crippen LogP contribution in [0, 0.1) is 0 Å². The molecule has 2 rings (SSSR count). The summed E-state index contributed by atoms with van der Waals surface area (Å²) in [5.74, 6) is 0.0960. The summed E-state index contributed by atoms with van der Waals surface area (Å²) in [6.07, 6.45) is -0.726. The molecule has 0 radical (unpaired) electrons. The fourth-order valence-electron chi connectivity index (χ4n) is 2.12. The second-order valence-electron chi connectivity index (χ2n) is 5.54. The number of hydrogen-bond donors (Lipinski definition) is 2. The molecule has 0 heterocycles. The molecular formula is C18H20O4. The van der Waals surface area contributed by atoms with Gasteiger partial charge in [-0.3, -0.25) is 0 Å². The van der Waals surface area contributed by atoms with E-state index in [4.69, 9.17) is 4.74 Å². The Morgan fingerprint density at radius 3 is 2.14 bits per heavy atom. The van der Waals surface area contributed by atoms with Crippen molar-refractivity contribution in [3.05, 3.63) is 59.7 Å². The van der Waals surface area contributed by atoms with Gasteiger partial charge in [0.2, 0.25) is 0 Å². The van der Waals surface area contributed by atoms with Gasteiger partial charge in [0.05, 0.1) is 0 Å². The molecule has 0 aliphatic carbocycles. The van der Waals surface area contributed by atoms with E-state index >= 15 is 0 Å². The fourth-order valence-corrected chi connectivity index (χ4v) is 2.12. The highest BCUT2D eigenvalue weighted by Crippen LogP contribution is 2.20. The number of aliphatic carboxylic acids is 1. The van der Waals surface area contributed by atoms with E-state index in [1.165, 1.54) is 17.7 Å². The van der Waals surface area contributed by atoms with Crippen molar-refractivity contribution in [3.8, 4) is 11.5 Å². The zero-order valence-corrected chi connectivity index (χ0v) is 12.7. The van der Waals surface area contributed by atoms with E-state index < -0.39 is 12.1 Å². The lowest BCUT2D eigenvalue weighted by Gasteiger charge is -2.16. The number of carboxylic acid groups (broad SMARTS) is 1. The number of hydrogen-bond acceptors (Lipinski definition) is 3. The second-order valence-corrected chi connectivity index (χ2v) is 5.54. The zero-order valence-electron chi connectivity index (χ0n) is 12.7. The van der Waals surface area contributed by atoms with Gasteiger partial charge in [-0.15, -0.1) is 0 Å². The van der Waals surface area contributed by atoms with Crippen molar-refractivity contribution in [1.82, 2.24) is 0 Å². The van der Waals surface area contributed by atoms with Gasteiger partial charge in [0, 0.05) is 6.42 Å². The summed E-state index contributed by atoms with van der Waals surface area (Å²) in [6.45, 7) is 4.20. The molecule has 0 aromatic heterocycles. The average Bonchev–Trinajstić information content (AvgIpc) is 2.49. The van der Waals surface area contributed by atoms with E-state index in [1.807, 2.05) is 12.1 Å². The molecule has 1 atom stereocenters. The van der Waals surface area contributed by atoms with Crippen LogP contribution in [-0.4, -0.2) is 22.3 Å². The van der Waals surface area contributed by atoms with Crippen molar-refractivity contribution in [3.63, 3.8) is 0 Å². The molecule has 0 fully saturated rings. The standard InChI is InChI=1S/C18H20O4/c1-12(2)14-5-9-16(10-6-14)22-17(18(20)21)11-13-3-7-15(19)8-4-13/h3-10,12,17,19H,11H2,1-2H3,(H,20,21). The number of phenolic OH excluding ortho intramolecular Hbond substituents is 1. The van der Waals surface area contributed by atoms with Gasteiger partial charge in [-0.1, -0.05) is 38.1 Å². The lowest BCUT2D eigenvalue weighted by atomic mass is 10.0. The predicted octanol–water partition coefficient (Wildman–Crippen LogP) is 3.59. The van der Waals surface area contributed by atoms with E-state index in [0.717, 1.165) is 5.56 Å². The maximum atomic E-state index is 11.4. The highest BCUT2D eigenvalue weighted by atomic mass is 16.5. The van der Waals surface area contributed by atoms with E-state index in [0.29, 0.717) is 11.7 Å². The number of carbonyl (C=O) groups is 1. The maximum Gasteiger partial charge on any atom is 0.345 e. The van der Waals surface area contributed by atoms with Gasteiger partial charge >= 0.3 is 5.97 Å². The molecule has 0 saturated heterocycles. The van der Waals surface area contributed by atoms with Gasteiger partial charge in [-0.25, -0.2) is 4.79 Å². The number of phenols is 1. The average molecular weight is 300 g/mol. The third-order valence-corrected chi connectivity index (χ3v) is 3.46. The molecule has 2 aromatic rings. The van der Waals surface area contributed by atoms with Crippen LogP contribution >= 0.6 is 0 Å². The van der Waals surface area contributed by atoms with Gasteiger partial charge in [-0.2, -0.15) is 0 Å². The minimum Gasteiger partial charge on any atom is -0.508 e. The number of aromatic hydroxyl groups is 1. The second kappa shape index (κ2) is 6.98. The Labute approximate surface area is 130 Å². The SMILES string of the molecule is CC(C)c1ccc(OC(Cc2ccc(O)cc2)C(=O)O)cc1. The highest BCUT2D eigenvalue weighted by Gasteiger charge is 2.20. The Balaban J connectivity index is 2.08. The fraction of sp³-hybridized carbons (Fsp3) is 0.278. The maximum absolute atomic E-state index is 11.4. The molecule has 0 bridgehead atoms. The lowest BCUT2D eigenvalue weighted by molar-refractivity contribution is -0.145. The zero-order chi connectivity index (χ0) is 16.1. The first kappa shape index (κ1) is 15.9. The molecule has 0 saturated carbocycles. The molecule has 2 aromatic carbocycles. The van der Waals surface area contributed by atoms with Crippen LogP contribution in [0.15, 0.2) is 48.5 Å². The summed E-state index contributed by atoms with van der Waals surface area (Å²) in [5.41, 5.74) is 1.97. The minimum atomic E-state index is -1.01. The van der Waals surface area contributed by atoms with Crippen molar-refractivity contribution in [2.75, 3.05) is 0 Å². The molecule has 22 heavy (non-hydrogen) atoms. The van der Waals surface area contributed by atoms with Crippen molar-refractivity contribution < 1.29 is 19.7 Å². The van der Waals surface area contributed by atoms with Crippen LogP contribution in [0.2, 0.25) is 0 Å². The third-order valence-electron chi connectivity index (χ3n) is 3.46. The van der Waals surface area contributed by atoms with Gasteiger partial charge in [0.1, 0.15) is 11.5 Å². The highest BCUT2D eigenvalue weighted by molar-refractivity contribution is 5.73. The number of benzene rings is 2. The Hall–Kier alpha value is -2.49. The summed E-state index contributed by atoms with van der Waals surface area (Å²) in [5, 5.41) is 18.6. The summed E-state index contributed by atoms with van der Waals surface area (Å²) < 4.78 is 5.58. The van der Waals surface area contributed by atoms with Crippen molar-refractivity contribution >= 4 is 5.97 Å². The van der Waals surface area contributed by atoms with Crippen molar-refractivity contribution in [2.24, 2.45) is 0 Å². The molecule has 4 nitrogen and oxygen atoms in total. The smallest absolute Gasteiger partial charge is 0.345 e. The van der Waals surface area contributed by atoms with Crippen molar-refractivity contribution in [1.29, 1.82) is 0 Å². The van der Waals surface area contributed by atoms with Crippen LogP contribution in [0.5, 0.6) is 11.5 Å². The van der Waals surface area contributed by atoms with Crippen LogP contribution in [0.4, 0.5) is 0 Å². The topological polar surface area (TPSA) is 66.8 Å². The number of ether oxygens (including phenoxy) is 1. The number of rotatable bonds is 6. The Kier molecular flexibility index (Phi) is 5.04. The Bertz CT molecular complexity index is 615. The summed E-state index contributed by atoms with van der Waals surface area (Å²) >= 11 is 0. The third kappa shape index (κ3) is 4.25. The molecule has 1 unspecified atom stereocenters. The van der Waals surface area contributed by atoms with Crippen LogP contribution < -0.4 is 4.74 Å². The van der Waals surface area contributed by atoms with Crippen LogP contribution in [0.25, 0.3) is 0 Å². The summed E-state index contributed by atoms with van der Waals surface area (Å²) in [6, 6.07) is 13.9. The van der Waals surface area contributed by atoms with E-state index in [2.05, 4.69) is 13.8 Å². The first-order chi connectivity index (χ1) is 10.5. The normalized spacial score (nSPS) is 12.1. The molecule has 0 amide bonds. The first-order valence-electron chi connectivity index (χ1n) is 7.23. The van der Waals surface area contributed by atoms with Gasteiger partial charge in [0.15, 0.2) is 6.10 Å². The molecule has 2 N–H and O–H groups in total. The monoisotopic (exact) mass is 300 g/mol. The first-order valence-corrected chi connectivity index (χ1v) is 7.23. The van der Waals surface area contributed by atoms with Crippen molar-refractivity contribution in [2.45, 2.75) is 32.3 Å². The molecule has 0 aliphatic rings.